The Bertz CT molecular complexity index is 863. The molecule has 0 saturated heterocycles. The lowest BCUT2D eigenvalue weighted by Crippen LogP contribution is -2.17. The predicted octanol–water partition coefficient (Wildman–Crippen LogP) is 7.01. The Kier molecular flexibility index (Phi) is 7.52. The largest absolute Gasteiger partial charge is 0.507 e. The number of carbonyl (C=O) groups is 1. The first-order chi connectivity index (χ1) is 13.2. The van der Waals surface area contributed by atoms with Gasteiger partial charge in [-0.1, -0.05) is 41.5 Å². The molecule has 0 fully saturated rings. The van der Waals surface area contributed by atoms with Crippen LogP contribution in [-0.4, -0.2) is 16.2 Å². The lowest BCUT2D eigenvalue weighted by Gasteiger charge is -2.28. The smallest absolute Gasteiger partial charge is 0.303 e. The average Bonchev–Trinajstić information content (AvgIpc) is 2.55. The van der Waals surface area contributed by atoms with E-state index >= 15 is 0 Å². The van der Waals surface area contributed by atoms with Crippen LogP contribution in [0.25, 0.3) is 0 Å². The van der Waals surface area contributed by atoms with Crippen molar-refractivity contribution in [1.82, 2.24) is 0 Å². The van der Waals surface area contributed by atoms with E-state index in [-0.39, 0.29) is 17.3 Å². The van der Waals surface area contributed by atoms with E-state index in [9.17, 15) is 9.90 Å². The second-order valence-corrected chi connectivity index (χ2v) is 11.6. The van der Waals surface area contributed by atoms with Gasteiger partial charge in [-0.3, -0.25) is 4.79 Å². The average molecular weight is 622 g/mol. The number of carboxylic acids is 1. The molecule has 0 radical (unpaired) electrons. The Labute approximate surface area is 200 Å². The fraction of sp³-hybridized carbons (Fsp3) is 0.435. The summed E-state index contributed by atoms with van der Waals surface area (Å²) in [5.74, 6) is 0.956. The summed E-state index contributed by atoms with van der Waals surface area (Å²) in [6.07, 6.45) is 0.595. The number of aliphatic carboxylic acids is 1. The molecule has 29 heavy (non-hydrogen) atoms. The number of rotatable bonds is 5. The molecule has 0 spiro atoms. The highest BCUT2D eigenvalue weighted by atomic mass is 127. The summed E-state index contributed by atoms with van der Waals surface area (Å²) in [5, 5.41) is 19.8. The van der Waals surface area contributed by atoms with Gasteiger partial charge in [-0.2, -0.15) is 0 Å². The third-order valence-corrected chi connectivity index (χ3v) is 6.21. The van der Waals surface area contributed by atoms with Crippen LogP contribution in [0.1, 0.15) is 64.7 Å². The number of ether oxygens (including phenoxy) is 1. The molecular formula is C23H28I2O4. The quantitative estimate of drug-likeness (QED) is 0.353. The summed E-state index contributed by atoms with van der Waals surface area (Å²) in [6, 6.07) is 7.76. The van der Waals surface area contributed by atoms with Crippen LogP contribution in [0, 0.1) is 7.14 Å². The van der Waals surface area contributed by atoms with Gasteiger partial charge in [0.05, 0.1) is 7.14 Å². The summed E-state index contributed by atoms with van der Waals surface area (Å²) >= 11 is 4.45. The molecule has 0 atom stereocenters. The van der Waals surface area contributed by atoms with Gasteiger partial charge in [0.2, 0.25) is 0 Å². The van der Waals surface area contributed by atoms with E-state index in [4.69, 9.17) is 9.84 Å². The molecule has 0 aliphatic carbocycles. The summed E-state index contributed by atoms with van der Waals surface area (Å²) in [6.45, 7) is 12.4. The molecule has 0 bridgehead atoms. The first-order valence-corrected chi connectivity index (χ1v) is 11.6. The number of hydrogen-bond donors (Lipinski definition) is 2. The first kappa shape index (κ1) is 24.2. The minimum atomic E-state index is -0.802. The van der Waals surface area contributed by atoms with E-state index in [1.807, 2.05) is 24.3 Å². The Morgan fingerprint density at radius 2 is 1.38 bits per heavy atom. The fourth-order valence-electron chi connectivity index (χ4n) is 3.03. The van der Waals surface area contributed by atoms with E-state index in [2.05, 4.69) is 86.7 Å². The van der Waals surface area contributed by atoms with Crippen molar-refractivity contribution < 1.29 is 19.7 Å². The first-order valence-electron chi connectivity index (χ1n) is 9.45. The molecule has 0 saturated carbocycles. The van der Waals surface area contributed by atoms with Crippen molar-refractivity contribution in [1.29, 1.82) is 0 Å². The third kappa shape index (κ3) is 6.23. The van der Waals surface area contributed by atoms with Crippen molar-refractivity contribution in [3.63, 3.8) is 0 Å². The maximum atomic E-state index is 10.9. The van der Waals surface area contributed by atoms with Crippen molar-refractivity contribution in [2.75, 3.05) is 0 Å². The van der Waals surface area contributed by atoms with Crippen LogP contribution in [-0.2, 0) is 22.0 Å². The minimum Gasteiger partial charge on any atom is -0.507 e. The van der Waals surface area contributed by atoms with E-state index in [1.54, 1.807) is 0 Å². The SMILES string of the molecule is CC(C)(C)c1cc(Oc2c(I)cc(CCC(=O)O)cc2I)cc(C(C)(C)C)c1O. The van der Waals surface area contributed by atoms with Gasteiger partial charge in [-0.15, -0.1) is 0 Å². The zero-order valence-electron chi connectivity index (χ0n) is 17.7. The van der Waals surface area contributed by atoms with Gasteiger partial charge in [0.1, 0.15) is 11.5 Å². The van der Waals surface area contributed by atoms with Crippen LogP contribution >= 0.6 is 45.2 Å². The molecule has 4 nitrogen and oxygen atoms in total. The van der Waals surface area contributed by atoms with Gasteiger partial charge in [0, 0.05) is 17.5 Å². The Hall–Kier alpha value is -1.03. The number of phenolic OH excluding ortho intramolecular Hbond substituents is 1. The van der Waals surface area contributed by atoms with Crippen LogP contribution in [0.5, 0.6) is 17.2 Å². The lowest BCUT2D eigenvalue weighted by molar-refractivity contribution is -0.136. The number of hydrogen-bond acceptors (Lipinski definition) is 3. The normalized spacial score (nSPS) is 12.1. The van der Waals surface area contributed by atoms with Gasteiger partial charge in [0.25, 0.3) is 0 Å². The molecule has 2 aromatic rings. The van der Waals surface area contributed by atoms with Gasteiger partial charge >= 0.3 is 5.97 Å². The third-order valence-electron chi connectivity index (χ3n) is 4.60. The highest BCUT2D eigenvalue weighted by molar-refractivity contribution is 14.1. The molecule has 6 heteroatoms. The Balaban J connectivity index is 2.50. The molecule has 2 aromatic carbocycles. The number of benzene rings is 2. The second kappa shape index (κ2) is 8.99. The zero-order valence-corrected chi connectivity index (χ0v) is 22.0. The number of halogens is 2. The van der Waals surface area contributed by atoms with Crippen molar-refractivity contribution in [2.45, 2.75) is 65.2 Å². The Morgan fingerprint density at radius 3 is 1.76 bits per heavy atom. The van der Waals surface area contributed by atoms with E-state index in [0.29, 0.717) is 17.9 Å². The molecule has 0 amide bonds. The summed E-state index contributed by atoms with van der Waals surface area (Å²) in [4.78, 5) is 10.9. The molecule has 158 valence electrons. The van der Waals surface area contributed by atoms with E-state index in [1.165, 1.54) is 0 Å². The van der Waals surface area contributed by atoms with Crippen LogP contribution in [0.15, 0.2) is 24.3 Å². The molecule has 2 N–H and O–H groups in total. The number of carboxylic acid groups (broad SMARTS) is 1. The van der Waals surface area contributed by atoms with Crippen LogP contribution < -0.4 is 4.74 Å². The van der Waals surface area contributed by atoms with Crippen LogP contribution in [0.4, 0.5) is 0 Å². The van der Waals surface area contributed by atoms with E-state index < -0.39 is 5.97 Å². The topological polar surface area (TPSA) is 66.8 Å². The fourth-order valence-corrected chi connectivity index (χ4v) is 5.15. The van der Waals surface area contributed by atoms with Crippen molar-refractivity contribution in [2.24, 2.45) is 0 Å². The molecule has 0 aliphatic rings. The van der Waals surface area contributed by atoms with E-state index in [0.717, 1.165) is 29.6 Å². The van der Waals surface area contributed by atoms with Crippen molar-refractivity contribution in [3.8, 4) is 17.2 Å². The van der Waals surface area contributed by atoms with Crippen molar-refractivity contribution >= 4 is 51.2 Å². The number of aryl methyl sites for hydroxylation is 1. The highest BCUT2D eigenvalue weighted by Crippen LogP contribution is 2.43. The molecule has 0 aliphatic heterocycles. The molecule has 2 rings (SSSR count). The van der Waals surface area contributed by atoms with Crippen molar-refractivity contribution in [3.05, 3.63) is 48.1 Å². The monoisotopic (exact) mass is 622 g/mol. The van der Waals surface area contributed by atoms with Gasteiger partial charge in [-0.25, -0.2) is 0 Å². The number of phenols is 1. The van der Waals surface area contributed by atoms with Gasteiger partial charge in [-0.05, 0) is 92.3 Å². The molecule has 0 heterocycles. The standard InChI is InChI=1S/C23H28I2O4/c1-22(2,3)15-11-14(12-16(20(15)28)23(4,5)6)29-21-17(24)9-13(10-18(21)25)7-8-19(26)27/h9-12,28H,7-8H2,1-6H3,(H,26,27). The second-order valence-electron chi connectivity index (χ2n) is 9.25. The molecule has 0 aromatic heterocycles. The van der Waals surface area contributed by atoms with Crippen LogP contribution in [0.2, 0.25) is 0 Å². The highest BCUT2D eigenvalue weighted by Gasteiger charge is 2.27. The zero-order chi connectivity index (χ0) is 22.1. The molecular weight excluding hydrogens is 594 g/mol. The molecule has 0 unspecified atom stereocenters. The van der Waals surface area contributed by atoms with Crippen LogP contribution in [0.3, 0.4) is 0 Å². The predicted molar refractivity (Wildman–Crippen MR) is 133 cm³/mol. The number of aromatic hydroxyl groups is 1. The van der Waals surface area contributed by atoms with Gasteiger partial charge in [0.15, 0.2) is 5.75 Å². The summed E-state index contributed by atoms with van der Waals surface area (Å²) < 4.78 is 8.16. The summed E-state index contributed by atoms with van der Waals surface area (Å²) in [5.41, 5.74) is 2.21. The minimum absolute atomic E-state index is 0.105. The van der Waals surface area contributed by atoms with Gasteiger partial charge < -0.3 is 14.9 Å². The lowest BCUT2D eigenvalue weighted by atomic mass is 9.79. The maximum absolute atomic E-state index is 10.9. The maximum Gasteiger partial charge on any atom is 0.303 e. The Morgan fingerprint density at radius 1 is 0.931 bits per heavy atom. The summed E-state index contributed by atoms with van der Waals surface area (Å²) in [7, 11) is 0.